The highest BCUT2D eigenvalue weighted by molar-refractivity contribution is 7.99. The molecule has 1 heterocycles. The van der Waals surface area contributed by atoms with Gasteiger partial charge in [0.05, 0.1) is 5.75 Å². The van der Waals surface area contributed by atoms with E-state index >= 15 is 0 Å². The van der Waals surface area contributed by atoms with E-state index in [4.69, 9.17) is 5.11 Å². The van der Waals surface area contributed by atoms with Crippen LogP contribution in [0.4, 0.5) is 0 Å². The highest BCUT2D eigenvalue weighted by atomic mass is 32.2. The third-order valence-electron chi connectivity index (χ3n) is 2.40. The Labute approximate surface area is 123 Å². The van der Waals surface area contributed by atoms with Crippen LogP contribution >= 0.6 is 11.8 Å². The van der Waals surface area contributed by atoms with Crippen molar-refractivity contribution < 1.29 is 14.7 Å². The minimum atomic E-state index is -0.901. The van der Waals surface area contributed by atoms with Crippen molar-refractivity contribution in [2.45, 2.75) is 51.4 Å². The zero-order valence-electron chi connectivity index (χ0n) is 12.3. The number of hydrogen-bond donors (Lipinski definition) is 2. The summed E-state index contributed by atoms with van der Waals surface area (Å²) in [6.07, 6.45) is 2.43. The number of carboxylic acid groups (broad SMARTS) is 1. The van der Waals surface area contributed by atoms with Crippen molar-refractivity contribution in [3.63, 3.8) is 0 Å². The van der Waals surface area contributed by atoms with Gasteiger partial charge in [0.2, 0.25) is 5.91 Å². The Balaban J connectivity index is 2.83. The lowest BCUT2D eigenvalue weighted by atomic mass is 10.1. The monoisotopic (exact) mass is 299 g/mol. The molecule has 0 atom stereocenters. The van der Waals surface area contributed by atoms with E-state index in [2.05, 4.69) is 10.3 Å². The topological polar surface area (TPSA) is 84.2 Å². The Bertz CT molecular complexity index is 492. The van der Waals surface area contributed by atoms with Gasteiger partial charge in [0, 0.05) is 17.4 Å². The summed E-state index contributed by atoms with van der Waals surface area (Å²) < 4.78 is 1.77. The van der Waals surface area contributed by atoms with Crippen LogP contribution in [0, 0.1) is 0 Å². The Morgan fingerprint density at radius 2 is 2.10 bits per heavy atom. The lowest BCUT2D eigenvalue weighted by Gasteiger charge is -2.21. The normalized spacial score (nSPS) is 11.4. The van der Waals surface area contributed by atoms with Crippen LogP contribution in [0.5, 0.6) is 0 Å². The molecular weight excluding hydrogens is 278 g/mol. The molecule has 0 unspecified atom stereocenters. The molecule has 0 saturated heterocycles. The Morgan fingerprint density at radius 3 is 2.60 bits per heavy atom. The average molecular weight is 299 g/mol. The van der Waals surface area contributed by atoms with E-state index in [-0.39, 0.29) is 23.7 Å². The summed E-state index contributed by atoms with van der Waals surface area (Å²) in [5.74, 6) is -1.08. The van der Waals surface area contributed by atoms with Crippen molar-refractivity contribution in [3.8, 4) is 0 Å². The zero-order chi connectivity index (χ0) is 15.3. The van der Waals surface area contributed by atoms with Gasteiger partial charge in [-0.25, -0.2) is 4.98 Å². The van der Waals surface area contributed by atoms with E-state index in [1.165, 1.54) is 0 Å². The van der Waals surface area contributed by atoms with Gasteiger partial charge < -0.3 is 15.0 Å². The summed E-state index contributed by atoms with van der Waals surface area (Å²) in [7, 11) is 0. The first-order valence-electron chi connectivity index (χ1n) is 6.43. The molecule has 112 valence electrons. The molecule has 0 fully saturated rings. The van der Waals surface area contributed by atoms with Crippen LogP contribution in [-0.2, 0) is 22.6 Å². The molecule has 7 heteroatoms. The highest BCUT2D eigenvalue weighted by Crippen LogP contribution is 2.19. The Hall–Kier alpha value is -1.50. The summed E-state index contributed by atoms with van der Waals surface area (Å²) in [6.45, 7) is 7.88. The predicted molar refractivity (Wildman–Crippen MR) is 77.9 cm³/mol. The highest BCUT2D eigenvalue weighted by Gasteiger charge is 2.17. The predicted octanol–water partition coefficient (Wildman–Crippen LogP) is 1.54. The smallest absolute Gasteiger partial charge is 0.313 e. The summed E-state index contributed by atoms with van der Waals surface area (Å²) in [6, 6.07) is 0. The molecular formula is C13H21N3O3S. The third kappa shape index (κ3) is 5.24. The molecule has 1 rings (SSSR count). The Morgan fingerprint density at radius 1 is 1.45 bits per heavy atom. The van der Waals surface area contributed by atoms with Crippen LogP contribution in [0.1, 0.15) is 33.4 Å². The molecule has 0 aliphatic carbocycles. The molecule has 1 aromatic rings. The number of thioether (sulfide) groups is 1. The Kier molecular flexibility index (Phi) is 5.62. The molecule has 0 aromatic carbocycles. The number of hydrogen-bond acceptors (Lipinski definition) is 4. The molecule has 6 nitrogen and oxygen atoms in total. The number of aryl methyl sites for hydroxylation is 1. The molecule has 20 heavy (non-hydrogen) atoms. The van der Waals surface area contributed by atoms with Crippen molar-refractivity contribution in [2.24, 2.45) is 0 Å². The maximum atomic E-state index is 12.0. The van der Waals surface area contributed by atoms with Gasteiger partial charge in [-0.15, -0.1) is 0 Å². The molecule has 1 aromatic heterocycles. The fourth-order valence-corrected chi connectivity index (χ4v) is 2.40. The second kappa shape index (κ2) is 6.78. The van der Waals surface area contributed by atoms with E-state index in [1.54, 1.807) is 10.8 Å². The second-order valence-corrected chi connectivity index (χ2v) is 6.39. The minimum Gasteiger partial charge on any atom is -0.481 e. The number of rotatable bonds is 6. The van der Waals surface area contributed by atoms with Gasteiger partial charge in [-0.1, -0.05) is 18.7 Å². The molecule has 0 aliphatic heterocycles. The van der Waals surface area contributed by atoms with Crippen LogP contribution in [-0.4, -0.2) is 37.8 Å². The molecule has 0 aliphatic rings. The number of carboxylic acids is 1. The van der Waals surface area contributed by atoms with Crippen LogP contribution in [0.2, 0.25) is 0 Å². The summed E-state index contributed by atoms with van der Waals surface area (Å²) in [5, 5.41) is 12.2. The van der Waals surface area contributed by atoms with Crippen LogP contribution in [0.25, 0.3) is 0 Å². The van der Waals surface area contributed by atoms with Crippen molar-refractivity contribution in [3.05, 3.63) is 11.9 Å². The molecule has 1 amide bonds. The summed E-state index contributed by atoms with van der Waals surface area (Å²) in [5.41, 5.74) is 0.625. The van der Waals surface area contributed by atoms with Gasteiger partial charge in [0.15, 0.2) is 5.16 Å². The number of amides is 1. The number of carbonyl (C=O) groups is 2. The first-order chi connectivity index (χ1) is 9.23. The van der Waals surface area contributed by atoms with Crippen LogP contribution in [0.3, 0.4) is 0 Å². The number of imidazole rings is 1. The number of nitrogens with one attached hydrogen (secondary N) is 1. The summed E-state index contributed by atoms with van der Waals surface area (Å²) in [4.78, 5) is 26.8. The van der Waals surface area contributed by atoms with Crippen molar-refractivity contribution in [1.29, 1.82) is 0 Å². The average Bonchev–Trinajstić information content (AvgIpc) is 2.66. The van der Waals surface area contributed by atoms with E-state index < -0.39 is 5.97 Å². The number of nitrogens with zero attached hydrogens (tertiary/aromatic N) is 2. The SMILES string of the molecule is CCc1cnc(SCC(=O)O)n1CC(=O)NC(C)(C)C. The van der Waals surface area contributed by atoms with Gasteiger partial charge >= 0.3 is 5.97 Å². The second-order valence-electron chi connectivity index (χ2n) is 5.45. The lowest BCUT2D eigenvalue weighted by molar-refractivity contribution is -0.134. The van der Waals surface area contributed by atoms with Crippen LogP contribution < -0.4 is 5.32 Å². The molecule has 2 N–H and O–H groups in total. The van der Waals surface area contributed by atoms with Gasteiger partial charge in [-0.3, -0.25) is 9.59 Å². The van der Waals surface area contributed by atoms with Gasteiger partial charge in [-0.2, -0.15) is 0 Å². The van der Waals surface area contributed by atoms with Gasteiger partial charge in [0.1, 0.15) is 6.54 Å². The maximum absolute atomic E-state index is 12.0. The summed E-state index contributed by atoms with van der Waals surface area (Å²) >= 11 is 1.12. The maximum Gasteiger partial charge on any atom is 0.313 e. The third-order valence-corrected chi connectivity index (χ3v) is 3.38. The first kappa shape index (κ1) is 16.6. The quantitative estimate of drug-likeness (QED) is 0.778. The largest absolute Gasteiger partial charge is 0.481 e. The van der Waals surface area contributed by atoms with Crippen molar-refractivity contribution in [2.75, 3.05) is 5.75 Å². The first-order valence-corrected chi connectivity index (χ1v) is 7.41. The van der Waals surface area contributed by atoms with Gasteiger partial charge in [-0.05, 0) is 27.2 Å². The van der Waals surface area contributed by atoms with Crippen molar-refractivity contribution in [1.82, 2.24) is 14.9 Å². The fourth-order valence-electron chi connectivity index (χ4n) is 1.69. The standard InChI is InChI=1S/C13H21N3O3S/c1-5-9-6-14-12(20-8-11(18)19)16(9)7-10(17)15-13(2,3)4/h6H,5,7-8H2,1-4H3,(H,15,17)(H,18,19). The molecule has 0 spiro atoms. The van der Waals surface area contributed by atoms with Gasteiger partial charge in [0.25, 0.3) is 0 Å². The van der Waals surface area contributed by atoms with E-state index in [1.807, 2.05) is 27.7 Å². The fraction of sp³-hybridized carbons (Fsp3) is 0.615. The van der Waals surface area contributed by atoms with Crippen molar-refractivity contribution >= 4 is 23.6 Å². The minimum absolute atomic E-state index is 0.0684. The van der Waals surface area contributed by atoms with E-state index in [0.29, 0.717) is 5.16 Å². The van der Waals surface area contributed by atoms with E-state index in [9.17, 15) is 9.59 Å². The molecule has 0 radical (unpaired) electrons. The lowest BCUT2D eigenvalue weighted by Crippen LogP contribution is -2.42. The number of aliphatic carboxylic acids is 1. The zero-order valence-corrected chi connectivity index (χ0v) is 13.1. The number of aromatic nitrogens is 2. The van der Waals surface area contributed by atoms with Crippen LogP contribution in [0.15, 0.2) is 11.4 Å². The molecule has 0 saturated carbocycles. The molecule has 0 bridgehead atoms. The van der Waals surface area contributed by atoms with E-state index in [0.717, 1.165) is 23.9 Å². The number of carbonyl (C=O) groups excluding carboxylic acids is 1.